The Labute approximate surface area is 132 Å². The van der Waals surface area contributed by atoms with Gasteiger partial charge in [-0.15, -0.1) is 0 Å². The number of rotatable bonds is 1. The summed E-state index contributed by atoms with van der Waals surface area (Å²) in [6.45, 7) is 3.00. The summed E-state index contributed by atoms with van der Waals surface area (Å²) in [5, 5.41) is 8.48. The van der Waals surface area contributed by atoms with Crippen LogP contribution in [0.2, 0.25) is 0 Å². The van der Waals surface area contributed by atoms with Crippen molar-refractivity contribution in [3.05, 3.63) is 47.5 Å². The first-order valence-electron chi connectivity index (χ1n) is 7.82. The van der Waals surface area contributed by atoms with Gasteiger partial charge in [0, 0.05) is 35.3 Å². The van der Waals surface area contributed by atoms with Gasteiger partial charge < -0.3 is 9.64 Å². The van der Waals surface area contributed by atoms with Gasteiger partial charge in [0.25, 0.3) is 0 Å². The van der Waals surface area contributed by atoms with Crippen LogP contribution in [-0.4, -0.2) is 42.3 Å². The molecule has 1 N–H and O–H groups in total. The maximum atomic E-state index is 13.2. The van der Waals surface area contributed by atoms with Crippen molar-refractivity contribution in [2.75, 3.05) is 31.2 Å². The third-order valence-electron chi connectivity index (χ3n) is 4.71. The molecule has 2 aromatic carbocycles. The van der Waals surface area contributed by atoms with Crippen molar-refractivity contribution >= 4 is 22.4 Å². The Hall–Kier alpha value is -2.66. The van der Waals surface area contributed by atoms with Crippen LogP contribution in [0.5, 0.6) is 0 Å². The number of fused-ring (bicyclic) bond motifs is 2. The molecule has 23 heavy (non-hydrogen) atoms. The highest BCUT2D eigenvalue weighted by molar-refractivity contribution is 6.27. The van der Waals surface area contributed by atoms with Gasteiger partial charge in [-0.1, -0.05) is 24.3 Å². The smallest absolute Gasteiger partial charge is 0.196 e. The number of morpholine rings is 1. The number of ketones is 1. The predicted molar refractivity (Wildman–Crippen MR) is 88.0 cm³/mol. The first kappa shape index (κ1) is 12.8. The molecular weight excluding hydrogens is 290 g/mol. The summed E-state index contributed by atoms with van der Waals surface area (Å²) >= 11 is 0. The quantitative estimate of drug-likeness (QED) is 0.587. The summed E-state index contributed by atoms with van der Waals surface area (Å²) in [5.74, 6) is 0.0848. The molecule has 0 radical (unpaired) electrons. The van der Waals surface area contributed by atoms with Crippen molar-refractivity contribution < 1.29 is 9.53 Å². The van der Waals surface area contributed by atoms with Crippen LogP contribution in [0, 0.1) is 0 Å². The maximum absolute atomic E-state index is 13.2. The Kier molecular flexibility index (Phi) is 2.60. The Morgan fingerprint density at radius 1 is 1.04 bits per heavy atom. The number of carbonyl (C=O) groups excluding carboxylic acids is 1. The van der Waals surface area contributed by atoms with Gasteiger partial charge in [-0.2, -0.15) is 5.10 Å². The molecule has 1 aliphatic carbocycles. The van der Waals surface area contributed by atoms with E-state index in [9.17, 15) is 4.79 Å². The van der Waals surface area contributed by atoms with E-state index in [1.54, 1.807) is 0 Å². The number of aromatic amines is 1. The largest absolute Gasteiger partial charge is 0.378 e. The van der Waals surface area contributed by atoms with Gasteiger partial charge in [0.1, 0.15) is 5.69 Å². The zero-order valence-corrected chi connectivity index (χ0v) is 12.5. The molecule has 5 nitrogen and oxygen atoms in total. The van der Waals surface area contributed by atoms with Crippen LogP contribution in [-0.2, 0) is 4.74 Å². The molecule has 5 heteroatoms. The fraction of sp³-hybridized carbons (Fsp3) is 0.222. The minimum atomic E-state index is 0.0848. The highest BCUT2D eigenvalue weighted by Crippen LogP contribution is 2.41. The monoisotopic (exact) mass is 305 g/mol. The molecule has 1 fully saturated rings. The van der Waals surface area contributed by atoms with E-state index < -0.39 is 0 Å². The zero-order chi connectivity index (χ0) is 15.4. The number of aromatic nitrogens is 2. The average Bonchev–Trinajstić information content (AvgIpc) is 3.05. The van der Waals surface area contributed by atoms with E-state index in [1.807, 2.05) is 36.4 Å². The molecule has 1 saturated heterocycles. The van der Waals surface area contributed by atoms with Crippen molar-refractivity contribution in [2.24, 2.45) is 0 Å². The fourth-order valence-corrected chi connectivity index (χ4v) is 3.62. The number of hydrogen-bond acceptors (Lipinski definition) is 4. The zero-order valence-electron chi connectivity index (χ0n) is 12.5. The topological polar surface area (TPSA) is 58.2 Å². The molecule has 114 valence electrons. The van der Waals surface area contributed by atoms with Gasteiger partial charge in [0.15, 0.2) is 5.78 Å². The number of carbonyl (C=O) groups is 1. The maximum Gasteiger partial charge on any atom is 0.196 e. The van der Waals surface area contributed by atoms with Gasteiger partial charge in [-0.05, 0) is 12.1 Å². The summed E-state index contributed by atoms with van der Waals surface area (Å²) < 4.78 is 5.44. The first-order chi connectivity index (χ1) is 11.3. The van der Waals surface area contributed by atoms with E-state index >= 15 is 0 Å². The number of benzene rings is 2. The summed E-state index contributed by atoms with van der Waals surface area (Å²) in [7, 11) is 0. The minimum absolute atomic E-state index is 0.0848. The van der Waals surface area contributed by atoms with Gasteiger partial charge in [0.05, 0.1) is 24.3 Å². The third kappa shape index (κ3) is 1.71. The van der Waals surface area contributed by atoms with Crippen LogP contribution < -0.4 is 4.90 Å². The van der Waals surface area contributed by atoms with Crippen molar-refractivity contribution in [3.63, 3.8) is 0 Å². The van der Waals surface area contributed by atoms with Gasteiger partial charge in [-0.3, -0.25) is 9.89 Å². The SMILES string of the molecule is O=C1c2ccccc2-c2n[nH]c3ccc(N4CCOCC4)c1c23. The molecule has 0 saturated carbocycles. The lowest BCUT2D eigenvalue weighted by atomic mass is 9.86. The summed E-state index contributed by atoms with van der Waals surface area (Å²) in [6.07, 6.45) is 0. The summed E-state index contributed by atoms with van der Waals surface area (Å²) in [6, 6.07) is 11.7. The highest BCUT2D eigenvalue weighted by Gasteiger charge is 2.31. The van der Waals surface area contributed by atoms with Crippen LogP contribution in [0.25, 0.3) is 22.2 Å². The van der Waals surface area contributed by atoms with Crippen LogP contribution in [0.3, 0.4) is 0 Å². The molecule has 0 unspecified atom stereocenters. The van der Waals surface area contributed by atoms with E-state index in [4.69, 9.17) is 4.74 Å². The Morgan fingerprint density at radius 2 is 1.83 bits per heavy atom. The summed E-state index contributed by atoms with van der Waals surface area (Å²) in [5.41, 5.74) is 5.19. The van der Waals surface area contributed by atoms with Crippen molar-refractivity contribution in [3.8, 4) is 11.3 Å². The van der Waals surface area contributed by atoms with Crippen molar-refractivity contribution in [1.29, 1.82) is 0 Å². The highest BCUT2D eigenvalue weighted by atomic mass is 16.5. The van der Waals surface area contributed by atoms with Crippen LogP contribution in [0.4, 0.5) is 5.69 Å². The van der Waals surface area contributed by atoms with Crippen molar-refractivity contribution in [1.82, 2.24) is 10.2 Å². The molecule has 0 spiro atoms. The average molecular weight is 305 g/mol. The molecule has 0 atom stereocenters. The minimum Gasteiger partial charge on any atom is -0.378 e. The van der Waals surface area contributed by atoms with Gasteiger partial charge in [-0.25, -0.2) is 0 Å². The standard InChI is InChI=1S/C18H15N3O2/c22-18-12-4-2-1-3-11(12)17-15-13(19-20-17)5-6-14(16(15)18)21-7-9-23-10-8-21/h1-6H,7-10H2,(H,19,20). The predicted octanol–water partition coefficient (Wildman–Crippen LogP) is 2.61. The number of ether oxygens (including phenoxy) is 1. The Balaban J connectivity index is 1.82. The van der Waals surface area contributed by atoms with Crippen LogP contribution in [0.1, 0.15) is 15.9 Å². The first-order valence-corrected chi connectivity index (χ1v) is 7.82. The number of anilines is 1. The normalized spacial score (nSPS) is 16.7. The fourth-order valence-electron chi connectivity index (χ4n) is 3.62. The third-order valence-corrected chi connectivity index (χ3v) is 4.71. The molecule has 0 amide bonds. The Bertz CT molecular complexity index is 939. The molecule has 1 aliphatic heterocycles. The van der Waals surface area contributed by atoms with Gasteiger partial charge >= 0.3 is 0 Å². The molecule has 3 aromatic rings. The number of nitrogens with zero attached hydrogens (tertiary/aromatic N) is 2. The molecule has 1 aromatic heterocycles. The van der Waals surface area contributed by atoms with Crippen LogP contribution in [0.15, 0.2) is 36.4 Å². The van der Waals surface area contributed by atoms with Crippen LogP contribution >= 0.6 is 0 Å². The number of nitrogens with one attached hydrogen (secondary N) is 1. The molecule has 2 heterocycles. The second-order valence-electron chi connectivity index (χ2n) is 5.93. The van der Waals surface area contributed by atoms with E-state index in [-0.39, 0.29) is 5.78 Å². The molecule has 5 rings (SSSR count). The number of hydrogen-bond donors (Lipinski definition) is 1. The van der Waals surface area contributed by atoms with Crippen molar-refractivity contribution in [2.45, 2.75) is 0 Å². The second-order valence-corrected chi connectivity index (χ2v) is 5.93. The second kappa shape index (κ2) is 4.67. The lowest BCUT2D eigenvalue weighted by molar-refractivity contribution is 0.103. The van der Waals surface area contributed by atoms with E-state index in [2.05, 4.69) is 15.1 Å². The summed E-state index contributed by atoms with van der Waals surface area (Å²) in [4.78, 5) is 15.4. The molecule has 0 bridgehead atoms. The van der Waals surface area contributed by atoms with Gasteiger partial charge in [0.2, 0.25) is 0 Å². The molecule has 2 aliphatic rings. The van der Waals surface area contributed by atoms with E-state index in [0.29, 0.717) is 13.2 Å². The lowest BCUT2D eigenvalue weighted by Crippen LogP contribution is -2.37. The molecular formula is C18H15N3O2. The Morgan fingerprint density at radius 3 is 2.65 bits per heavy atom. The number of H-pyrrole nitrogens is 1. The van der Waals surface area contributed by atoms with E-state index in [1.165, 1.54) is 0 Å². The lowest BCUT2D eigenvalue weighted by Gasteiger charge is -2.31. The van der Waals surface area contributed by atoms with E-state index in [0.717, 1.165) is 52.1 Å².